The first-order valence-corrected chi connectivity index (χ1v) is 6.77. The van der Waals surface area contributed by atoms with E-state index < -0.39 is 12.1 Å². The van der Waals surface area contributed by atoms with Crippen molar-refractivity contribution in [2.75, 3.05) is 0 Å². The number of aryl methyl sites for hydroxylation is 1. The van der Waals surface area contributed by atoms with Crippen molar-refractivity contribution in [3.05, 3.63) is 12.2 Å². The number of hydrazine groups is 1. The SMILES string of the molecule is Cn1ncnc1CC(NN)C1CCC(C(F)(F)F)CC1. The number of nitrogens with zero attached hydrogens (tertiary/aromatic N) is 3. The quantitative estimate of drug-likeness (QED) is 0.652. The van der Waals surface area contributed by atoms with E-state index in [1.54, 1.807) is 11.7 Å². The van der Waals surface area contributed by atoms with Gasteiger partial charge in [-0.05, 0) is 31.6 Å². The Labute approximate surface area is 115 Å². The smallest absolute Gasteiger partial charge is 0.271 e. The highest BCUT2D eigenvalue weighted by atomic mass is 19.4. The molecule has 0 bridgehead atoms. The highest BCUT2D eigenvalue weighted by Gasteiger charge is 2.42. The second-order valence-electron chi connectivity index (χ2n) is 5.43. The molecular weight excluding hydrogens is 271 g/mol. The van der Waals surface area contributed by atoms with Crippen LogP contribution in [0.1, 0.15) is 31.5 Å². The van der Waals surface area contributed by atoms with Crippen LogP contribution in [0.5, 0.6) is 0 Å². The van der Waals surface area contributed by atoms with E-state index in [-0.39, 0.29) is 24.8 Å². The lowest BCUT2D eigenvalue weighted by molar-refractivity contribution is -0.184. The molecule has 0 aromatic carbocycles. The average Bonchev–Trinajstić information content (AvgIpc) is 2.80. The van der Waals surface area contributed by atoms with Crippen LogP contribution in [0.3, 0.4) is 0 Å². The number of hydrogen-bond acceptors (Lipinski definition) is 4. The van der Waals surface area contributed by atoms with Crippen molar-refractivity contribution in [3.8, 4) is 0 Å². The highest BCUT2D eigenvalue weighted by Crippen LogP contribution is 2.40. The van der Waals surface area contributed by atoms with Crippen LogP contribution in [0.4, 0.5) is 13.2 Å². The number of halogens is 3. The predicted molar refractivity (Wildman–Crippen MR) is 67.3 cm³/mol. The number of hydrogen-bond donors (Lipinski definition) is 2. The zero-order valence-electron chi connectivity index (χ0n) is 11.4. The van der Waals surface area contributed by atoms with Gasteiger partial charge in [0.1, 0.15) is 12.2 Å². The summed E-state index contributed by atoms with van der Waals surface area (Å²) in [6.45, 7) is 0. The van der Waals surface area contributed by atoms with Gasteiger partial charge in [0, 0.05) is 19.5 Å². The summed E-state index contributed by atoms with van der Waals surface area (Å²) in [5, 5.41) is 3.98. The van der Waals surface area contributed by atoms with Gasteiger partial charge in [0.15, 0.2) is 0 Å². The molecule has 1 fully saturated rings. The lowest BCUT2D eigenvalue weighted by Gasteiger charge is -2.34. The minimum atomic E-state index is -4.07. The van der Waals surface area contributed by atoms with Gasteiger partial charge in [0.25, 0.3) is 0 Å². The van der Waals surface area contributed by atoms with Crippen LogP contribution in [0.15, 0.2) is 6.33 Å². The van der Waals surface area contributed by atoms with E-state index in [1.165, 1.54) is 6.33 Å². The molecule has 0 spiro atoms. The predicted octanol–water partition coefficient (Wildman–Crippen LogP) is 1.56. The Hall–Kier alpha value is -1.15. The van der Waals surface area contributed by atoms with Crippen LogP contribution < -0.4 is 11.3 Å². The summed E-state index contributed by atoms with van der Waals surface area (Å²) in [6, 6.07) is -0.0629. The minimum absolute atomic E-state index is 0.0629. The molecule has 1 aliphatic rings. The summed E-state index contributed by atoms with van der Waals surface area (Å²) in [6.07, 6.45) is -0.581. The first kappa shape index (κ1) is 15.2. The number of aromatic nitrogens is 3. The van der Waals surface area contributed by atoms with Crippen LogP contribution in [0.25, 0.3) is 0 Å². The summed E-state index contributed by atoms with van der Waals surface area (Å²) < 4.78 is 39.6. The van der Waals surface area contributed by atoms with Gasteiger partial charge in [-0.15, -0.1) is 0 Å². The molecule has 0 aliphatic heterocycles. The Bertz CT molecular complexity index is 423. The molecule has 114 valence electrons. The maximum atomic E-state index is 12.6. The van der Waals surface area contributed by atoms with E-state index in [2.05, 4.69) is 15.5 Å². The highest BCUT2D eigenvalue weighted by molar-refractivity contribution is 4.92. The monoisotopic (exact) mass is 291 g/mol. The fraction of sp³-hybridized carbons (Fsp3) is 0.833. The zero-order valence-corrected chi connectivity index (χ0v) is 11.4. The molecule has 3 N–H and O–H groups in total. The maximum absolute atomic E-state index is 12.6. The Balaban J connectivity index is 1.92. The van der Waals surface area contributed by atoms with E-state index in [9.17, 15) is 13.2 Å². The van der Waals surface area contributed by atoms with Gasteiger partial charge < -0.3 is 0 Å². The molecule has 0 saturated heterocycles. The summed E-state index contributed by atoms with van der Waals surface area (Å²) in [4.78, 5) is 4.13. The number of alkyl halides is 3. The Morgan fingerprint density at radius 3 is 2.50 bits per heavy atom. The molecule has 0 amide bonds. The van der Waals surface area contributed by atoms with Crippen molar-refractivity contribution < 1.29 is 13.2 Å². The lowest BCUT2D eigenvalue weighted by Crippen LogP contribution is -2.45. The van der Waals surface area contributed by atoms with Crippen molar-refractivity contribution in [3.63, 3.8) is 0 Å². The normalized spacial score (nSPS) is 25.6. The minimum Gasteiger partial charge on any atom is -0.271 e. The molecule has 0 radical (unpaired) electrons. The molecule has 1 saturated carbocycles. The largest absolute Gasteiger partial charge is 0.391 e. The zero-order chi connectivity index (χ0) is 14.8. The van der Waals surface area contributed by atoms with Gasteiger partial charge in [-0.25, -0.2) is 4.98 Å². The molecule has 1 aromatic heterocycles. The fourth-order valence-corrected chi connectivity index (χ4v) is 2.91. The Kier molecular flexibility index (Phi) is 4.64. The average molecular weight is 291 g/mol. The molecule has 1 aliphatic carbocycles. The van der Waals surface area contributed by atoms with Crippen LogP contribution in [0, 0.1) is 11.8 Å². The van der Waals surface area contributed by atoms with Crippen molar-refractivity contribution >= 4 is 0 Å². The maximum Gasteiger partial charge on any atom is 0.391 e. The third-order valence-electron chi connectivity index (χ3n) is 4.23. The Morgan fingerprint density at radius 1 is 1.40 bits per heavy atom. The standard InChI is InChI=1S/C12H20F3N5/c1-20-11(17-7-18-20)6-10(19-16)8-2-4-9(5-3-8)12(13,14)15/h7-10,19H,2-6,16H2,1H3. The Morgan fingerprint density at radius 2 is 2.05 bits per heavy atom. The van der Waals surface area contributed by atoms with E-state index in [4.69, 9.17) is 5.84 Å². The third-order valence-corrected chi connectivity index (χ3v) is 4.23. The molecule has 1 heterocycles. The summed E-state index contributed by atoms with van der Waals surface area (Å²) >= 11 is 0. The topological polar surface area (TPSA) is 68.8 Å². The molecule has 5 nitrogen and oxygen atoms in total. The number of nitrogens with two attached hydrogens (primary N) is 1. The van der Waals surface area contributed by atoms with Gasteiger partial charge in [-0.2, -0.15) is 18.3 Å². The van der Waals surface area contributed by atoms with Crippen LogP contribution in [-0.2, 0) is 13.5 Å². The molecule has 8 heteroatoms. The summed E-state index contributed by atoms with van der Waals surface area (Å²) in [5.41, 5.74) is 2.73. The van der Waals surface area contributed by atoms with E-state index in [1.807, 2.05) is 0 Å². The van der Waals surface area contributed by atoms with Crippen molar-refractivity contribution in [1.29, 1.82) is 0 Å². The van der Waals surface area contributed by atoms with Crippen molar-refractivity contribution in [2.45, 2.75) is 44.3 Å². The van der Waals surface area contributed by atoms with Gasteiger partial charge in [0.05, 0.1) is 5.92 Å². The molecule has 1 atom stereocenters. The number of rotatable bonds is 4. The van der Waals surface area contributed by atoms with Gasteiger partial charge >= 0.3 is 6.18 Å². The van der Waals surface area contributed by atoms with E-state index in [0.717, 1.165) is 5.82 Å². The molecule has 2 rings (SSSR count). The van der Waals surface area contributed by atoms with E-state index in [0.29, 0.717) is 19.3 Å². The van der Waals surface area contributed by atoms with Crippen LogP contribution in [-0.4, -0.2) is 27.0 Å². The summed E-state index contributed by atoms with van der Waals surface area (Å²) in [7, 11) is 1.79. The van der Waals surface area contributed by atoms with Crippen molar-refractivity contribution in [1.82, 2.24) is 20.2 Å². The second kappa shape index (κ2) is 6.09. The van der Waals surface area contributed by atoms with Crippen molar-refractivity contribution in [2.24, 2.45) is 24.7 Å². The first-order valence-electron chi connectivity index (χ1n) is 6.77. The lowest BCUT2D eigenvalue weighted by atomic mass is 9.77. The molecule has 20 heavy (non-hydrogen) atoms. The van der Waals surface area contributed by atoms with Crippen LogP contribution >= 0.6 is 0 Å². The van der Waals surface area contributed by atoms with Gasteiger partial charge in [-0.3, -0.25) is 16.0 Å². The fourth-order valence-electron chi connectivity index (χ4n) is 2.91. The van der Waals surface area contributed by atoms with E-state index >= 15 is 0 Å². The second-order valence-corrected chi connectivity index (χ2v) is 5.43. The molecule has 1 aromatic rings. The molecule has 1 unspecified atom stereocenters. The van der Waals surface area contributed by atoms with Crippen LogP contribution in [0.2, 0.25) is 0 Å². The van der Waals surface area contributed by atoms with Gasteiger partial charge in [0.2, 0.25) is 0 Å². The number of nitrogens with one attached hydrogen (secondary N) is 1. The molecular formula is C12H20F3N5. The first-order chi connectivity index (χ1) is 9.41. The third kappa shape index (κ3) is 3.49. The summed E-state index contributed by atoms with van der Waals surface area (Å²) in [5.74, 6) is 5.33. The van der Waals surface area contributed by atoms with Gasteiger partial charge in [-0.1, -0.05) is 0 Å².